The summed E-state index contributed by atoms with van der Waals surface area (Å²) < 4.78 is 5.13. The van der Waals surface area contributed by atoms with Crippen molar-refractivity contribution in [2.24, 2.45) is 5.92 Å². The van der Waals surface area contributed by atoms with Crippen LogP contribution in [0.15, 0.2) is 6.07 Å². The maximum atomic E-state index is 5.13. The average molecular weight is 266 g/mol. The van der Waals surface area contributed by atoms with E-state index in [-0.39, 0.29) is 0 Å². The van der Waals surface area contributed by atoms with E-state index in [1.165, 1.54) is 0 Å². The van der Waals surface area contributed by atoms with Gasteiger partial charge in [0, 0.05) is 32.8 Å². The Bertz CT molecular complexity index is 371. The van der Waals surface area contributed by atoms with E-state index in [0.717, 1.165) is 18.2 Å². The molecule has 1 N–H and O–H groups in total. The molecule has 0 saturated heterocycles. The summed E-state index contributed by atoms with van der Waals surface area (Å²) in [4.78, 5) is 11.2. The van der Waals surface area contributed by atoms with Crippen molar-refractivity contribution >= 4 is 11.6 Å². The van der Waals surface area contributed by atoms with Crippen LogP contribution in [0.4, 0.5) is 11.6 Å². The molecular formula is C14H26N4O. The van der Waals surface area contributed by atoms with Gasteiger partial charge in [-0.2, -0.15) is 0 Å². The molecule has 0 spiro atoms. The predicted molar refractivity (Wildman–Crippen MR) is 79.6 cm³/mol. The van der Waals surface area contributed by atoms with Crippen LogP contribution in [0.25, 0.3) is 0 Å². The molecule has 1 aromatic rings. The van der Waals surface area contributed by atoms with Gasteiger partial charge in [-0.25, -0.2) is 9.97 Å². The van der Waals surface area contributed by atoms with Crippen molar-refractivity contribution in [1.29, 1.82) is 0 Å². The summed E-state index contributed by atoms with van der Waals surface area (Å²) >= 11 is 0. The first-order chi connectivity index (χ1) is 8.99. The lowest BCUT2D eigenvalue weighted by Gasteiger charge is -2.29. The van der Waals surface area contributed by atoms with E-state index in [1.807, 2.05) is 6.07 Å². The molecule has 0 bridgehead atoms. The van der Waals surface area contributed by atoms with E-state index in [9.17, 15) is 0 Å². The van der Waals surface area contributed by atoms with Gasteiger partial charge in [0.1, 0.15) is 18.2 Å². The van der Waals surface area contributed by atoms with Crippen molar-refractivity contribution in [1.82, 2.24) is 9.97 Å². The summed E-state index contributed by atoms with van der Waals surface area (Å²) in [6, 6.07) is 2.40. The van der Waals surface area contributed by atoms with Crippen molar-refractivity contribution in [3.63, 3.8) is 0 Å². The number of hydrogen-bond acceptors (Lipinski definition) is 5. The molecule has 0 aliphatic rings. The van der Waals surface area contributed by atoms with Gasteiger partial charge in [-0.1, -0.05) is 13.8 Å². The van der Waals surface area contributed by atoms with Crippen LogP contribution < -0.4 is 10.2 Å². The fraction of sp³-hybridized carbons (Fsp3) is 0.714. The number of hydrogen-bond donors (Lipinski definition) is 1. The maximum Gasteiger partial charge on any atom is 0.158 e. The Morgan fingerprint density at radius 3 is 2.53 bits per heavy atom. The van der Waals surface area contributed by atoms with Gasteiger partial charge >= 0.3 is 0 Å². The lowest BCUT2D eigenvalue weighted by atomic mass is 10.1. The summed E-state index contributed by atoms with van der Waals surface area (Å²) in [7, 11) is 3.72. The topological polar surface area (TPSA) is 50.3 Å². The third-order valence-corrected chi connectivity index (χ3v) is 3.33. The van der Waals surface area contributed by atoms with Crippen molar-refractivity contribution in [2.75, 3.05) is 30.9 Å². The second-order valence-corrected chi connectivity index (χ2v) is 5.09. The summed E-state index contributed by atoms with van der Waals surface area (Å²) in [5.74, 6) is 3.05. The number of nitrogens with zero attached hydrogens (tertiary/aromatic N) is 3. The zero-order chi connectivity index (χ0) is 14.4. The molecule has 0 saturated carbocycles. The number of anilines is 2. The van der Waals surface area contributed by atoms with Crippen LogP contribution in [0, 0.1) is 5.92 Å². The van der Waals surface area contributed by atoms with Gasteiger partial charge in [-0.05, 0) is 19.8 Å². The molecule has 1 rings (SSSR count). The van der Waals surface area contributed by atoms with Crippen LogP contribution in [0.3, 0.4) is 0 Å². The molecular weight excluding hydrogens is 240 g/mol. The van der Waals surface area contributed by atoms with Crippen LogP contribution >= 0.6 is 0 Å². The number of nitrogens with one attached hydrogen (secondary N) is 1. The highest BCUT2D eigenvalue weighted by Gasteiger charge is 2.16. The molecule has 5 nitrogen and oxygen atoms in total. The van der Waals surface area contributed by atoms with Gasteiger partial charge in [0.15, 0.2) is 5.82 Å². The summed E-state index contributed by atoms with van der Waals surface area (Å²) in [6.07, 6.45) is 0. The van der Waals surface area contributed by atoms with Gasteiger partial charge in [0.2, 0.25) is 0 Å². The Morgan fingerprint density at radius 2 is 2.00 bits per heavy atom. The van der Waals surface area contributed by atoms with Crippen LogP contribution in [0.5, 0.6) is 0 Å². The van der Waals surface area contributed by atoms with E-state index in [0.29, 0.717) is 24.4 Å². The molecule has 0 aliphatic heterocycles. The van der Waals surface area contributed by atoms with Gasteiger partial charge < -0.3 is 15.0 Å². The molecule has 0 fully saturated rings. The van der Waals surface area contributed by atoms with Gasteiger partial charge in [0.25, 0.3) is 0 Å². The summed E-state index contributed by atoms with van der Waals surface area (Å²) in [5.41, 5.74) is 0. The third-order valence-electron chi connectivity index (χ3n) is 3.33. The van der Waals surface area contributed by atoms with E-state index >= 15 is 0 Å². The zero-order valence-electron chi connectivity index (χ0n) is 12.9. The molecule has 1 heterocycles. The molecule has 1 aromatic heterocycles. The minimum atomic E-state index is 0.416. The number of ether oxygens (including phenoxy) is 1. The molecule has 1 unspecified atom stereocenters. The Morgan fingerprint density at radius 1 is 1.32 bits per heavy atom. The lowest BCUT2D eigenvalue weighted by Crippen LogP contribution is -2.34. The molecule has 5 heteroatoms. The Hall–Kier alpha value is -1.36. The minimum Gasteiger partial charge on any atom is -0.377 e. The van der Waals surface area contributed by atoms with Gasteiger partial charge in [-0.3, -0.25) is 0 Å². The standard InChI is InChI=1S/C14H26N4O/c1-7-15-12-8-14(17-13(16-12)9-19-6)18(5)11(4)10(2)3/h8,10-11H,7,9H2,1-6H3,(H,15,16,17). The second-order valence-electron chi connectivity index (χ2n) is 5.09. The zero-order valence-corrected chi connectivity index (χ0v) is 12.9. The van der Waals surface area contributed by atoms with E-state index in [4.69, 9.17) is 4.74 Å². The first-order valence-corrected chi connectivity index (χ1v) is 6.83. The fourth-order valence-corrected chi connectivity index (χ4v) is 1.78. The first-order valence-electron chi connectivity index (χ1n) is 6.83. The third kappa shape index (κ3) is 4.35. The molecule has 19 heavy (non-hydrogen) atoms. The highest BCUT2D eigenvalue weighted by molar-refractivity contribution is 5.49. The maximum absolute atomic E-state index is 5.13. The molecule has 0 amide bonds. The molecule has 0 radical (unpaired) electrons. The monoisotopic (exact) mass is 266 g/mol. The highest BCUT2D eigenvalue weighted by Crippen LogP contribution is 2.20. The highest BCUT2D eigenvalue weighted by atomic mass is 16.5. The lowest BCUT2D eigenvalue weighted by molar-refractivity contribution is 0.178. The van der Waals surface area contributed by atoms with Gasteiger partial charge in [0.05, 0.1) is 0 Å². The molecule has 108 valence electrons. The van der Waals surface area contributed by atoms with E-state index in [2.05, 4.69) is 54.9 Å². The number of aromatic nitrogens is 2. The normalized spacial score (nSPS) is 12.6. The van der Waals surface area contributed by atoms with Crippen molar-refractivity contribution in [3.05, 3.63) is 11.9 Å². The Balaban J connectivity index is 3.03. The molecule has 0 aromatic carbocycles. The second kappa shape index (κ2) is 7.28. The van der Waals surface area contributed by atoms with Crippen LogP contribution in [0.1, 0.15) is 33.5 Å². The molecule has 0 aliphatic carbocycles. The smallest absolute Gasteiger partial charge is 0.158 e. The first kappa shape index (κ1) is 15.7. The van der Waals surface area contributed by atoms with Crippen LogP contribution in [-0.2, 0) is 11.3 Å². The Labute approximate surface area is 116 Å². The number of methoxy groups -OCH3 is 1. The van der Waals surface area contributed by atoms with Crippen molar-refractivity contribution in [3.8, 4) is 0 Å². The van der Waals surface area contributed by atoms with Crippen molar-refractivity contribution in [2.45, 2.75) is 40.3 Å². The summed E-state index contributed by atoms with van der Waals surface area (Å²) in [6.45, 7) is 9.95. The van der Waals surface area contributed by atoms with Crippen LogP contribution in [-0.4, -0.2) is 36.7 Å². The van der Waals surface area contributed by atoms with E-state index < -0.39 is 0 Å². The molecule has 1 atom stereocenters. The largest absolute Gasteiger partial charge is 0.377 e. The predicted octanol–water partition coefficient (Wildman–Crippen LogP) is 2.54. The minimum absolute atomic E-state index is 0.416. The quantitative estimate of drug-likeness (QED) is 0.822. The summed E-state index contributed by atoms with van der Waals surface area (Å²) in [5, 5.41) is 3.24. The average Bonchev–Trinajstić information content (AvgIpc) is 2.37. The fourth-order valence-electron chi connectivity index (χ4n) is 1.78. The van der Waals surface area contributed by atoms with Crippen molar-refractivity contribution < 1.29 is 4.74 Å². The SMILES string of the molecule is CCNc1cc(N(C)C(C)C(C)C)nc(COC)n1. The van der Waals surface area contributed by atoms with E-state index in [1.54, 1.807) is 7.11 Å². The van der Waals surface area contributed by atoms with Gasteiger partial charge in [-0.15, -0.1) is 0 Å². The Kier molecular flexibility index (Phi) is 6.02. The number of rotatable bonds is 7. The van der Waals surface area contributed by atoms with Crippen LogP contribution in [0.2, 0.25) is 0 Å².